The molecule has 2 aliphatic rings. The molecule has 0 atom stereocenters. The Labute approximate surface area is 360 Å². The molecular weight excluding hydrogens is 753 g/mol. The molecule has 4 nitrogen and oxygen atoms in total. The average molecular weight is 795 g/mol. The largest absolute Gasteiger partial charge is 0.309 e. The van der Waals surface area contributed by atoms with E-state index in [2.05, 4.69) is 219 Å². The predicted octanol–water partition coefficient (Wildman–Crippen LogP) is 14.6. The van der Waals surface area contributed by atoms with Gasteiger partial charge in [-0.1, -0.05) is 155 Å². The quantitative estimate of drug-likeness (QED) is 0.178. The van der Waals surface area contributed by atoms with Gasteiger partial charge in [-0.05, 0) is 99.1 Å². The fourth-order valence-corrected chi connectivity index (χ4v) is 11.1. The minimum atomic E-state index is -0.137. The van der Waals surface area contributed by atoms with Gasteiger partial charge in [0.05, 0.1) is 33.5 Å². The Kier molecular flexibility index (Phi) is 7.10. The van der Waals surface area contributed by atoms with Crippen molar-refractivity contribution in [3.63, 3.8) is 0 Å². The molecule has 0 fully saturated rings. The standard InChI is InChI=1S/C58H42N4/c1-57(2)46-20-10-5-15-38(46)40-28-25-35(31-48(40)57)50-34-51(36-26-29-41-39-16-6-11-21-47(39)58(3,4)49(41)32-36)60-56(59-50)62-54-24-14-9-19-44(54)45-33-37(27-30-55(45)62)61-52-22-12-7-17-42(52)43-18-8-13-23-53(43)61/h5-34H,1-4H3. The lowest BCUT2D eigenvalue weighted by Crippen LogP contribution is -2.15. The molecule has 0 spiro atoms. The smallest absolute Gasteiger partial charge is 0.235 e. The van der Waals surface area contributed by atoms with Gasteiger partial charge in [0, 0.05) is 49.2 Å². The Balaban J connectivity index is 1.04. The highest BCUT2D eigenvalue weighted by atomic mass is 15.2. The fourth-order valence-electron chi connectivity index (χ4n) is 11.1. The van der Waals surface area contributed by atoms with Gasteiger partial charge in [-0.2, -0.15) is 0 Å². The van der Waals surface area contributed by atoms with Crippen molar-refractivity contribution in [2.24, 2.45) is 0 Å². The summed E-state index contributed by atoms with van der Waals surface area (Å²) < 4.78 is 4.67. The molecular formula is C58H42N4. The molecule has 0 bridgehead atoms. The van der Waals surface area contributed by atoms with Gasteiger partial charge in [-0.25, -0.2) is 9.97 Å². The van der Waals surface area contributed by atoms with Crippen molar-refractivity contribution in [2.75, 3.05) is 0 Å². The molecule has 62 heavy (non-hydrogen) atoms. The van der Waals surface area contributed by atoms with Crippen LogP contribution in [0.15, 0.2) is 182 Å². The van der Waals surface area contributed by atoms with E-state index < -0.39 is 0 Å². The molecule has 0 saturated carbocycles. The summed E-state index contributed by atoms with van der Waals surface area (Å²) in [4.78, 5) is 11.1. The Morgan fingerprint density at radius 2 is 0.758 bits per heavy atom. The lowest BCUT2D eigenvalue weighted by Gasteiger charge is -2.22. The molecule has 4 heteroatoms. The Bertz CT molecular complexity index is 3530. The van der Waals surface area contributed by atoms with Crippen LogP contribution in [0, 0.1) is 0 Å². The van der Waals surface area contributed by atoms with Crippen LogP contribution in [0.5, 0.6) is 0 Å². The second-order valence-electron chi connectivity index (χ2n) is 18.2. The molecule has 294 valence electrons. The van der Waals surface area contributed by atoms with Crippen LogP contribution in [0.4, 0.5) is 0 Å². The first kappa shape index (κ1) is 35.2. The van der Waals surface area contributed by atoms with E-state index in [9.17, 15) is 0 Å². The molecule has 0 aliphatic heterocycles. The van der Waals surface area contributed by atoms with E-state index in [1.807, 2.05) is 0 Å². The van der Waals surface area contributed by atoms with Gasteiger partial charge in [-0.15, -0.1) is 0 Å². The lowest BCUT2D eigenvalue weighted by atomic mass is 9.81. The molecule has 13 rings (SSSR count). The van der Waals surface area contributed by atoms with Crippen LogP contribution >= 0.6 is 0 Å². The van der Waals surface area contributed by atoms with Crippen molar-refractivity contribution in [1.82, 2.24) is 19.1 Å². The van der Waals surface area contributed by atoms with Crippen LogP contribution < -0.4 is 0 Å². The number of aromatic nitrogens is 4. The number of para-hydroxylation sites is 3. The summed E-state index contributed by atoms with van der Waals surface area (Å²) in [5, 5.41) is 4.82. The third-order valence-electron chi connectivity index (χ3n) is 14.2. The monoisotopic (exact) mass is 794 g/mol. The molecule has 0 unspecified atom stereocenters. The van der Waals surface area contributed by atoms with E-state index in [-0.39, 0.29) is 10.8 Å². The number of benzene rings is 8. The van der Waals surface area contributed by atoms with E-state index in [1.165, 1.54) is 66.3 Å². The Morgan fingerprint density at radius 1 is 0.339 bits per heavy atom. The number of fused-ring (bicyclic) bond motifs is 12. The Morgan fingerprint density at radius 3 is 1.29 bits per heavy atom. The molecule has 8 aromatic carbocycles. The molecule has 2 aliphatic carbocycles. The summed E-state index contributed by atoms with van der Waals surface area (Å²) in [6, 6.07) is 66.7. The normalized spacial score (nSPS) is 14.4. The summed E-state index contributed by atoms with van der Waals surface area (Å²) in [6.07, 6.45) is 0. The van der Waals surface area contributed by atoms with Gasteiger partial charge >= 0.3 is 0 Å². The number of hydrogen-bond acceptors (Lipinski definition) is 2. The van der Waals surface area contributed by atoms with Crippen LogP contribution in [0.1, 0.15) is 49.9 Å². The zero-order valence-corrected chi connectivity index (χ0v) is 35.1. The summed E-state index contributed by atoms with van der Waals surface area (Å²) in [5.74, 6) is 0.652. The summed E-state index contributed by atoms with van der Waals surface area (Å²) in [7, 11) is 0. The van der Waals surface area contributed by atoms with Crippen LogP contribution in [-0.2, 0) is 10.8 Å². The van der Waals surface area contributed by atoms with Crippen LogP contribution in [0.3, 0.4) is 0 Å². The second-order valence-corrected chi connectivity index (χ2v) is 18.2. The van der Waals surface area contributed by atoms with E-state index in [4.69, 9.17) is 9.97 Å². The molecule has 11 aromatic rings. The summed E-state index contributed by atoms with van der Waals surface area (Å²) in [6.45, 7) is 9.37. The third kappa shape index (κ3) is 4.78. The molecule has 0 N–H and O–H groups in total. The first-order chi connectivity index (χ1) is 30.3. The van der Waals surface area contributed by atoms with Crippen LogP contribution in [0.2, 0.25) is 0 Å². The zero-order chi connectivity index (χ0) is 41.5. The summed E-state index contributed by atoms with van der Waals surface area (Å²) in [5.41, 5.74) is 19.9. The molecule has 3 heterocycles. The summed E-state index contributed by atoms with van der Waals surface area (Å²) >= 11 is 0. The van der Waals surface area contributed by atoms with Gasteiger partial charge in [0.2, 0.25) is 5.95 Å². The van der Waals surface area contributed by atoms with Gasteiger partial charge in [0.1, 0.15) is 0 Å². The van der Waals surface area contributed by atoms with Crippen LogP contribution in [-0.4, -0.2) is 19.1 Å². The van der Waals surface area contributed by atoms with Gasteiger partial charge < -0.3 is 4.57 Å². The van der Waals surface area contributed by atoms with E-state index in [1.54, 1.807) is 0 Å². The highest BCUT2D eigenvalue weighted by molar-refractivity contribution is 6.12. The topological polar surface area (TPSA) is 35.6 Å². The maximum absolute atomic E-state index is 5.53. The van der Waals surface area contributed by atoms with Gasteiger partial charge in [0.15, 0.2) is 0 Å². The predicted molar refractivity (Wildman–Crippen MR) is 257 cm³/mol. The van der Waals surface area contributed by atoms with Crippen molar-refractivity contribution < 1.29 is 0 Å². The minimum Gasteiger partial charge on any atom is -0.309 e. The molecule has 0 radical (unpaired) electrons. The molecule has 3 aromatic heterocycles. The third-order valence-corrected chi connectivity index (χ3v) is 14.2. The highest BCUT2D eigenvalue weighted by Crippen LogP contribution is 2.51. The number of nitrogens with zero attached hydrogens (tertiary/aromatic N) is 4. The minimum absolute atomic E-state index is 0.137. The number of hydrogen-bond donors (Lipinski definition) is 0. The maximum atomic E-state index is 5.53. The lowest BCUT2D eigenvalue weighted by molar-refractivity contribution is 0.660. The van der Waals surface area contributed by atoms with E-state index in [0.717, 1.165) is 50.0 Å². The Hall–Kier alpha value is -7.56. The SMILES string of the molecule is CC1(C)c2ccccc2-c2ccc(-c3cc(-c4ccc5c(c4)C(C)(C)c4ccccc4-5)nc(-n4c5ccccc5c5cc(-n6c7ccccc7c7ccccc76)ccc54)n3)cc21. The first-order valence-corrected chi connectivity index (χ1v) is 21.7. The average Bonchev–Trinajstić information content (AvgIpc) is 3.97. The molecule has 0 amide bonds. The van der Waals surface area contributed by atoms with Crippen LogP contribution in [0.25, 0.3) is 100 Å². The van der Waals surface area contributed by atoms with Crippen molar-refractivity contribution in [1.29, 1.82) is 0 Å². The maximum Gasteiger partial charge on any atom is 0.235 e. The highest BCUT2D eigenvalue weighted by Gasteiger charge is 2.37. The van der Waals surface area contributed by atoms with Crippen molar-refractivity contribution in [2.45, 2.75) is 38.5 Å². The van der Waals surface area contributed by atoms with E-state index in [0.29, 0.717) is 5.95 Å². The first-order valence-electron chi connectivity index (χ1n) is 21.7. The second kappa shape index (κ2) is 12.5. The van der Waals surface area contributed by atoms with Crippen molar-refractivity contribution in [3.8, 4) is 56.4 Å². The zero-order valence-electron chi connectivity index (χ0n) is 35.1. The van der Waals surface area contributed by atoms with Gasteiger partial charge in [-0.3, -0.25) is 4.57 Å². The fraction of sp³-hybridized carbons (Fsp3) is 0.103. The molecule has 0 saturated heterocycles. The van der Waals surface area contributed by atoms with Crippen molar-refractivity contribution in [3.05, 3.63) is 204 Å². The van der Waals surface area contributed by atoms with Gasteiger partial charge in [0.25, 0.3) is 0 Å². The number of rotatable bonds is 4. The van der Waals surface area contributed by atoms with E-state index >= 15 is 0 Å². The van der Waals surface area contributed by atoms with Crippen molar-refractivity contribution >= 4 is 43.6 Å².